The summed E-state index contributed by atoms with van der Waals surface area (Å²) < 4.78 is 0. The molecule has 2 aliphatic rings. The maximum atomic E-state index is 9.05. The van der Waals surface area contributed by atoms with Crippen molar-refractivity contribution in [2.45, 2.75) is 25.7 Å². The molecule has 0 bridgehead atoms. The van der Waals surface area contributed by atoms with Gasteiger partial charge in [0.25, 0.3) is 0 Å². The Kier molecular flexibility index (Phi) is 1.15. The molecule has 0 amide bonds. The molecule has 0 aromatic heterocycles. The van der Waals surface area contributed by atoms with E-state index < -0.39 is 0 Å². The van der Waals surface area contributed by atoms with E-state index in [0.717, 1.165) is 19.3 Å². The topological polar surface area (TPSA) is 40.5 Å². The summed E-state index contributed by atoms with van der Waals surface area (Å²) in [6, 6.07) is 0. The standard InChI is InChI=1S/C8H14O2/c9-5-7-2-1-3-8(7,4-7)6-10/h9-10H,1-6H2. The fourth-order valence-electron chi connectivity index (χ4n) is 2.68. The zero-order chi connectivity index (χ0) is 7.24. The van der Waals surface area contributed by atoms with Crippen LogP contribution in [0.4, 0.5) is 0 Å². The average molecular weight is 142 g/mol. The number of hydrogen-bond donors (Lipinski definition) is 2. The van der Waals surface area contributed by atoms with Crippen molar-refractivity contribution in [3.63, 3.8) is 0 Å². The van der Waals surface area contributed by atoms with Crippen LogP contribution in [-0.2, 0) is 0 Å². The highest BCUT2D eigenvalue weighted by Gasteiger charge is 2.68. The molecule has 2 heteroatoms. The van der Waals surface area contributed by atoms with Crippen LogP contribution in [0.2, 0.25) is 0 Å². The SMILES string of the molecule is OCC12CCCC1(CO)C2. The lowest BCUT2D eigenvalue weighted by Crippen LogP contribution is -2.15. The summed E-state index contributed by atoms with van der Waals surface area (Å²) in [5.74, 6) is 0. The zero-order valence-electron chi connectivity index (χ0n) is 6.14. The van der Waals surface area contributed by atoms with E-state index in [-0.39, 0.29) is 24.0 Å². The lowest BCUT2D eigenvalue weighted by molar-refractivity contribution is 0.141. The van der Waals surface area contributed by atoms with Gasteiger partial charge in [-0.15, -0.1) is 0 Å². The molecule has 2 saturated carbocycles. The molecular formula is C8H14O2. The van der Waals surface area contributed by atoms with Gasteiger partial charge in [0, 0.05) is 24.0 Å². The molecule has 0 aromatic carbocycles. The van der Waals surface area contributed by atoms with Gasteiger partial charge in [-0.2, -0.15) is 0 Å². The van der Waals surface area contributed by atoms with Gasteiger partial charge < -0.3 is 10.2 Å². The molecule has 0 radical (unpaired) electrons. The Morgan fingerprint density at radius 2 is 1.50 bits per heavy atom. The van der Waals surface area contributed by atoms with E-state index in [4.69, 9.17) is 10.2 Å². The van der Waals surface area contributed by atoms with Crippen LogP contribution in [0.25, 0.3) is 0 Å². The summed E-state index contributed by atoms with van der Waals surface area (Å²) in [7, 11) is 0. The van der Waals surface area contributed by atoms with E-state index in [9.17, 15) is 0 Å². The van der Waals surface area contributed by atoms with Crippen molar-refractivity contribution in [3.8, 4) is 0 Å². The van der Waals surface area contributed by atoms with Crippen molar-refractivity contribution < 1.29 is 10.2 Å². The van der Waals surface area contributed by atoms with Gasteiger partial charge in [0.05, 0.1) is 0 Å². The Bertz CT molecular complexity index is 141. The maximum Gasteiger partial charge on any atom is 0.0493 e. The van der Waals surface area contributed by atoms with Crippen molar-refractivity contribution >= 4 is 0 Å². The Hall–Kier alpha value is -0.0800. The van der Waals surface area contributed by atoms with E-state index >= 15 is 0 Å². The van der Waals surface area contributed by atoms with Gasteiger partial charge in [-0.3, -0.25) is 0 Å². The molecule has 2 unspecified atom stereocenters. The highest BCUT2D eigenvalue weighted by atomic mass is 16.3. The van der Waals surface area contributed by atoms with Crippen LogP contribution in [0.15, 0.2) is 0 Å². The summed E-state index contributed by atoms with van der Waals surface area (Å²) >= 11 is 0. The van der Waals surface area contributed by atoms with Gasteiger partial charge >= 0.3 is 0 Å². The summed E-state index contributed by atoms with van der Waals surface area (Å²) in [6.45, 7) is 0.571. The molecule has 10 heavy (non-hydrogen) atoms. The largest absolute Gasteiger partial charge is 0.396 e. The Labute approximate surface area is 60.9 Å². The first-order chi connectivity index (χ1) is 4.79. The normalized spacial score (nSPS) is 51.0. The molecule has 2 aliphatic carbocycles. The Balaban J connectivity index is 2.15. The van der Waals surface area contributed by atoms with Crippen molar-refractivity contribution in [3.05, 3.63) is 0 Å². The average Bonchev–Trinajstić information content (AvgIpc) is 2.51. The van der Waals surface area contributed by atoms with Crippen molar-refractivity contribution in [2.75, 3.05) is 13.2 Å². The van der Waals surface area contributed by atoms with Crippen LogP contribution in [0.1, 0.15) is 25.7 Å². The van der Waals surface area contributed by atoms with E-state index in [1.807, 2.05) is 0 Å². The molecule has 2 nitrogen and oxygen atoms in total. The molecule has 0 heterocycles. The first-order valence-corrected chi connectivity index (χ1v) is 4.00. The molecule has 0 spiro atoms. The fourth-order valence-corrected chi connectivity index (χ4v) is 2.68. The number of fused-ring (bicyclic) bond motifs is 1. The minimum Gasteiger partial charge on any atom is -0.396 e. The molecule has 0 saturated heterocycles. The van der Waals surface area contributed by atoms with E-state index in [2.05, 4.69) is 0 Å². The number of aliphatic hydroxyl groups is 2. The minimum absolute atomic E-state index is 0.155. The Morgan fingerprint density at radius 1 is 1.00 bits per heavy atom. The summed E-state index contributed by atoms with van der Waals surface area (Å²) in [6.07, 6.45) is 4.52. The van der Waals surface area contributed by atoms with E-state index in [1.54, 1.807) is 0 Å². The molecule has 2 N–H and O–H groups in total. The van der Waals surface area contributed by atoms with Crippen LogP contribution in [0.5, 0.6) is 0 Å². The second kappa shape index (κ2) is 1.74. The smallest absolute Gasteiger partial charge is 0.0493 e. The summed E-state index contributed by atoms with van der Waals surface area (Å²) in [5, 5.41) is 18.1. The number of rotatable bonds is 2. The first kappa shape index (κ1) is 6.62. The third-order valence-corrected chi connectivity index (χ3v) is 3.59. The van der Waals surface area contributed by atoms with Gasteiger partial charge in [0.2, 0.25) is 0 Å². The predicted molar refractivity (Wildman–Crippen MR) is 37.5 cm³/mol. The molecule has 58 valence electrons. The molecule has 2 rings (SSSR count). The molecule has 0 aromatic rings. The lowest BCUT2D eigenvalue weighted by Gasteiger charge is -2.11. The zero-order valence-corrected chi connectivity index (χ0v) is 6.14. The van der Waals surface area contributed by atoms with Gasteiger partial charge in [0.15, 0.2) is 0 Å². The van der Waals surface area contributed by atoms with Gasteiger partial charge in [0.1, 0.15) is 0 Å². The van der Waals surface area contributed by atoms with Crippen LogP contribution >= 0.6 is 0 Å². The van der Waals surface area contributed by atoms with Gasteiger partial charge in [-0.25, -0.2) is 0 Å². The van der Waals surface area contributed by atoms with Crippen LogP contribution in [-0.4, -0.2) is 23.4 Å². The minimum atomic E-state index is 0.155. The third-order valence-electron chi connectivity index (χ3n) is 3.59. The summed E-state index contributed by atoms with van der Waals surface area (Å²) in [4.78, 5) is 0. The summed E-state index contributed by atoms with van der Waals surface area (Å²) in [5.41, 5.74) is 0.309. The third kappa shape index (κ3) is 0.523. The highest BCUT2D eigenvalue weighted by Crippen LogP contribution is 2.72. The lowest BCUT2D eigenvalue weighted by atomic mass is 9.98. The molecule has 0 aliphatic heterocycles. The van der Waals surface area contributed by atoms with E-state index in [1.165, 1.54) is 6.42 Å². The number of hydrogen-bond acceptors (Lipinski definition) is 2. The second-order valence-corrected chi connectivity index (χ2v) is 3.91. The van der Waals surface area contributed by atoms with Crippen molar-refractivity contribution in [2.24, 2.45) is 10.8 Å². The molecule has 2 fully saturated rings. The second-order valence-electron chi connectivity index (χ2n) is 3.91. The Morgan fingerprint density at radius 3 is 1.80 bits per heavy atom. The monoisotopic (exact) mass is 142 g/mol. The number of aliphatic hydroxyl groups excluding tert-OH is 2. The van der Waals surface area contributed by atoms with Crippen LogP contribution in [0, 0.1) is 10.8 Å². The van der Waals surface area contributed by atoms with Gasteiger partial charge in [-0.1, -0.05) is 6.42 Å². The molecular weight excluding hydrogens is 128 g/mol. The maximum absolute atomic E-state index is 9.05. The first-order valence-electron chi connectivity index (χ1n) is 4.00. The van der Waals surface area contributed by atoms with E-state index in [0.29, 0.717) is 0 Å². The highest BCUT2D eigenvalue weighted by molar-refractivity contribution is 5.17. The van der Waals surface area contributed by atoms with Crippen molar-refractivity contribution in [1.29, 1.82) is 0 Å². The van der Waals surface area contributed by atoms with Crippen LogP contribution in [0.3, 0.4) is 0 Å². The fraction of sp³-hybridized carbons (Fsp3) is 1.00. The van der Waals surface area contributed by atoms with Crippen LogP contribution < -0.4 is 0 Å². The molecule has 2 atom stereocenters. The quantitative estimate of drug-likeness (QED) is 0.590. The predicted octanol–water partition coefficient (Wildman–Crippen LogP) is 0.531. The van der Waals surface area contributed by atoms with Gasteiger partial charge in [-0.05, 0) is 19.3 Å². The van der Waals surface area contributed by atoms with Crippen molar-refractivity contribution in [1.82, 2.24) is 0 Å².